The molecule has 1 unspecified atom stereocenters. The van der Waals surface area contributed by atoms with E-state index in [2.05, 4.69) is 149 Å². The smallest absolute Gasteiger partial charge is 0.0670 e. The lowest BCUT2D eigenvalue weighted by Crippen LogP contribution is -2.42. The maximum Gasteiger partial charge on any atom is 0.118 e. The molecule has 0 N–H and O–H groups in total. The van der Waals surface area contributed by atoms with Gasteiger partial charge in [-0.15, -0.1) is 0 Å². The van der Waals surface area contributed by atoms with E-state index in [0.29, 0.717) is 0 Å². The van der Waals surface area contributed by atoms with Gasteiger partial charge in [-0.2, -0.15) is 0 Å². The van der Waals surface area contributed by atoms with Crippen LogP contribution in [0, 0.1) is 5.41 Å². The molecule has 0 saturated carbocycles. The van der Waals surface area contributed by atoms with Crippen molar-refractivity contribution < 1.29 is 0 Å². The summed E-state index contributed by atoms with van der Waals surface area (Å²) in [7, 11) is 0. The molecule has 1 atom stereocenters. The third-order valence-electron chi connectivity index (χ3n) is 6.30. The fourth-order valence-corrected chi connectivity index (χ4v) is 7.17. The minimum absolute atomic E-state index is 0.295. The molecule has 0 amide bonds. The lowest BCUT2D eigenvalue weighted by molar-refractivity contribution is 0.573. The summed E-state index contributed by atoms with van der Waals surface area (Å²) in [6, 6.07) is 8.66. The number of allylic oxidation sites excluding steroid dienone is 15. The number of halogens is 4. The molecule has 0 radical (unpaired) electrons. The average Bonchev–Trinajstić information content (AvgIpc) is 3.23. The predicted molar refractivity (Wildman–Crippen MR) is 137 cm³/mol. The van der Waals surface area contributed by atoms with Gasteiger partial charge in [-0.05, 0) is 62.8 Å². The van der Waals surface area contributed by atoms with Gasteiger partial charge in [0.05, 0.1) is 5.41 Å². The van der Waals surface area contributed by atoms with Gasteiger partial charge < -0.3 is 0 Å². The first kappa shape index (κ1) is 18.8. The molecule has 4 heteroatoms. The van der Waals surface area contributed by atoms with Crippen molar-refractivity contribution in [3.63, 3.8) is 0 Å². The Kier molecular flexibility index (Phi) is 3.93. The first-order valence-electron chi connectivity index (χ1n) is 9.38. The third-order valence-corrected chi connectivity index (χ3v) is 9.06. The van der Waals surface area contributed by atoms with Gasteiger partial charge in [0.15, 0.2) is 0 Å². The van der Waals surface area contributed by atoms with Crippen molar-refractivity contribution in [1.29, 1.82) is 0 Å². The van der Waals surface area contributed by atoms with Crippen LogP contribution in [0.5, 0.6) is 0 Å². The molecule has 29 heavy (non-hydrogen) atoms. The summed E-state index contributed by atoms with van der Waals surface area (Å²) in [6.07, 6.45) is 22.6. The van der Waals surface area contributed by atoms with Gasteiger partial charge in [0.1, 0.15) is 6.47 Å². The number of hydrogen-bond donors (Lipinski definition) is 0. The average molecular weight is 634 g/mol. The van der Waals surface area contributed by atoms with Crippen LogP contribution in [-0.4, -0.2) is 6.47 Å². The van der Waals surface area contributed by atoms with E-state index in [9.17, 15) is 0 Å². The fraction of sp³-hybridized carbons (Fsp3) is 0.120. The van der Waals surface area contributed by atoms with E-state index in [0.717, 1.165) is 0 Å². The molecule has 0 aliphatic heterocycles. The van der Waals surface area contributed by atoms with Crippen molar-refractivity contribution in [2.75, 3.05) is 0 Å². The van der Waals surface area contributed by atoms with Crippen molar-refractivity contribution in [1.82, 2.24) is 0 Å². The topological polar surface area (TPSA) is 0 Å². The Hall–Kier alpha value is -0.940. The third kappa shape index (κ3) is 2.46. The molecule has 6 rings (SSSR count). The number of benzene rings is 1. The fourth-order valence-electron chi connectivity index (χ4n) is 5.03. The van der Waals surface area contributed by atoms with E-state index in [4.69, 9.17) is 0 Å². The Morgan fingerprint density at radius 2 is 1.55 bits per heavy atom. The van der Waals surface area contributed by atoms with Crippen LogP contribution in [0.15, 0.2) is 107 Å². The van der Waals surface area contributed by atoms with Crippen LogP contribution in [0.2, 0.25) is 0 Å². The summed E-state index contributed by atoms with van der Waals surface area (Å²) in [5, 5.41) is 0. The number of fused-ring (bicyclic) bond motifs is 7. The zero-order valence-corrected chi connectivity index (χ0v) is 21.4. The van der Waals surface area contributed by atoms with Gasteiger partial charge in [-0.25, -0.2) is 0 Å². The van der Waals surface area contributed by atoms with E-state index in [-0.39, 0.29) is 8.65 Å². The molecule has 0 saturated heterocycles. The molecule has 0 aromatic heterocycles. The van der Waals surface area contributed by atoms with Crippen molar-refractivity contribution in [2.45, 2.75) is 6.47 Å². The molecule has 0 fully saturated rings. The van der Waals surface area contributed by atoms with Gasteiger partial charge in [-0.1, -0.05) is 131 Å². The zero-order valence-electron chi connectivity index (χ0n) is 15.1. The molecule has 0 heterocycles. The van der Waals surface area contributed by atoms with E-state index >= 15 is 0 Å². The molecule has 1 aromatic carbocycles. The molecule has 0 nitrogen and oxygen atoms in total. The highest BCUT2D eigenvalue weighted by Crippen LogP contribution is 2.66. The molecule has 1 aromatic rings. The van der Waals surface area contributed by atoms with Gasteiger partial charge in [0.25, 0.3) is 0 Å². The Labute approximate surface area is 203 Å². The molecule has 5 aliphatic rings. The highest BCUT2D eigenvalue weighted by atomic mass is 79.9. The molecular weight excluding hydrogens is 620 g/mol. The summed E-state index contributed by atoms with van der Waals surface area (Å²) in [5.74, 6) is 0. The van der Waals surface area contributed by atoms with Crippen molar-refractivity contribution in [3.05, 3.63) is 118 Å². The van der Waals surface area contributed by atoms with Crippen LogP contribution in [0.4, 0.5) is 0 Å². The van der Waals surface area contributed by atoms with Crippen LogP contribution in [0.1, 0.15) is 11.1 Å². The van der Waals surface area contributed by atoms with Crippen molar-refractivity contribution >= 4 is 75.4 Å². The van der Waals surface area contributed by atoms with Crippen LogP contribution in [0.3, 0.4) is 0 Å². The molecule has 5 aliphatic carbocycles. The van der Waals surface area contributed by atoms with Gasteiger partial charge in [0.2, 0.25) is 0 Å². The quantitative estimate of drug-likeness (QED) is 0.252. The largest absolute Gasteiger partial charge is 0.118 e. The van der Waals surface area contributed by atoms with E-state index in [1.807, 2.05) is 0 Å². The van der Waals surface area contributed by atoms with Crippen molar-refractivity contribution in [3.8, 4) is 0 Å². The predicted octanol–water partition coefficient (Wildman–Crippen LogP) is 8.30. The zero-order chi connectivity index (χ0) is 20.0. The normalized spacial score (nSPS) is 29.0. The maximum atomic E-state index is 4.04. The summed E-state index contributed by atoms with van der Waals surface area (Å²) in [6.45, 7) is 0. The highest BCUT2D eigenvalue weighted by Gasteiger charge is 2.56. The van der Waals surface area contributed by atoms with Crippen LogP contribution < -0.4 is 0 Å². The first-order valence-corrected chi connectivity index (χ1v) is 12.6. The SMILES string of the molecule is BrC1(Br)C=CC2=C3C=CC(Br)(Br)C4(C=CC=C5C4=Cc4ccccc45)C3=CC2=C1. The number of alkyl halides is 4. The second-order valence-corrected chi connectivity index (χ2v) is 15.1. The summed E-state index contributed by atoms with van der Waals surface area (Å²) in [5.41, 5.74) is 10.0. The van der Waals surface area contributed by atoms with Gasteiger partial charge >= 0.3 is 0 Å². The second-order valence-electron chi connectivity index (χ2n) is 7.84. The molecule has 142 valence electrons. The maximum absolute atomic E-state index is 4.04. The lowest BCUT2D eigenvalue weighted by Gasteiger charge is -2.47. The minimum atomic E-state index is -0.412. The summed E-state index contributed by atoms with van der Waals surface area (Å²) in [4.78, 5) is 0. The Morgan fingerprint density at radius 1 is 0.759 bits per heavy atom. The van der Waals surface area contributed by atoms with Crippen LogP contribution in [0.25, 0.3) is 11.6 Å². The van der Waals surface area contributed by atoms with E-state index in [1.165, 1.54) is 44.6 Å². The standard InChI is InChI=1S/C25H14Br4/c26-23(27)10-7-18-16(14-23)13-22-20(18)8-11-25(28,29)24(22)9-3-6-19-17-5-2-1-4-15(17)12-21(19)24/h1-14H. The van der Waals surface area contributed by atoms with Gasteiger partial charge in [-0.3, -0.25) is 0 Å². The molecule has 0 bridgehead atoms. The monoisotopic (exact) mass is 630 g/mol. The Balaban J connectivity index is 1.64. The lowest BCUT2D eigenvalue weighted by atomic mass is 9.63. The van der Waals surface area contributed by atoms with Crippen LogP contribution in [-0.2, 0) is 0 Å². The molecule has 1 spiro atoms. The Bertz CT molecular complexity index is 1240. The van der Waals surface area contributed by atoms with E-state index < -0.39 is 3.23 Å². The number of rotatable bonds is 0. The number of hydrogen-bond acceptors (Lipinski definition) is 0. The molecular formula is C25H14Br4. The first-order chi connectivity index (χ1) is 13.8. The van der Waals surface area contributed by atoms with Crippen LogP contribution >= 0.6 is 63.7 Å². The highest BCUT2D eigenvalue weighted by molar-refractivity contribution is 9.26. The minimum Gasteiger partial charge on any atom is -0.0670 e. The van der Waals surface area contributed by atoms with Gasteiger partial charge in [0, 0.05) is 0 Å². The van der Waals surface area contributed by atoms with E-state index in [1.54, 1.807) is 0 Å². The summed E-state index contributed by atoms with van der Waals surface area (Å²) >= 11 is 15.6. The summed E-state index contributed by atoms with van der Waals surface area (Å²) < 4.78 is -0.707. The second kappa shape index (κ2) is 6.06. The Morgan fingerprint density at radius 3 is 2.41 bits per heavy atom. The van der Waals surface area contributed by atoms with Crippen molar-refractivity contribution in [2.24, 2.45) is 5.41 Å².